The Labute approximate surface area is 119 Å². The molecule has 0 radical (unpaired) electrons. The van der Waals surface area contributed by atoms with Gasteiger partial charge in [-0.2, -0.15) is 0 Å². The van der Waals surface area contributed by atoms with Gasteiger partial charge in [-0.05, 0) is 19.8 Å². The van der Waals surface area contributed by atoms with Gasteiger partial charge in [0.05, 0.1) is 6.26 Å². The molecule has 0 bridgehead atoms. The zero-order chi connectivity index (χ0) is 16.1. The number of hydrogen-bond donors (Lipinski definition) is 4. The number of sulfonamides is 1. The number of aliphatic carboxylic acids is 1. The summed E-state index contributed by atoms with van der Waals surface area (Å²) < 4.78 is 24.6. The number of carboxylic acids is 1. The number of hydrogen-bond acceptors (Lipinski definition) is 4. The fourth-order valence-corrected chi connectivity index (χ4v) is 2.62. The van der Waals surface area contributed by atoms with Gasteiger partial charge < -0.3 is 15.7 Å². The Balaban J connectivity index is 4.45. The minimum absolute atomic E-state index is 0.0241. The molecule has 0 aromatic carbocycles. The van der Waals surface area contributed by atoms with Crippen molar-refractivity contribution in [2.24, 2.45) is 5.92 Å². The van der Waals surface area contributed by atoms with Crippen molar-refractivity contribution in [2.45, 2.75) is 39.3 Å². The van der Waals surface area contributed by atoms with E-state index in [9.17, 15) is 18.0 Å². The average Bonchev–Trinajstić information content (AvgIpc) is 2.18. The third-order valence-electron chi connectivity index (χ3n) is 2.37. The number of urea groups is 1. The Morgan fingerprint density at radius 3 is 2.10 bits per heavy atom. The predicted octanol–water partition coefficient (Wildman–Crippen LogP) is -0.277. The van der Waals surface area contributed by atoms with Gasteiger partial charge in [0.2, 0.25) is 10.0 Å². The largest absolute Gasteiger partial charge is 0.480 e. The molecule has 4 N–H and O–H groups in total. The Kier molecular flexibility index (Phi) is 6.42. The van der Waals surface area contributed by atoms with Gasteiger partial charge in [0.1, 0.15) is 6.04 Å². The lowest BCUT2D eigenvalue weighted by Crippen LogP contribution is -2.55. The first-order valence-corrected chi connectivity index (χ1v) is 7.99. The van der Waals surface area contributed by atoms with Crippen molar-refractivity contribution in [1.29, 1.82) is 0 Å². The summed E-state index contributed by atoms with van der Waals surface area (Å²) in [6.45, 7) is 6.58. The van der Waals surface area contributed by atoms with E-state index in [-0.39, 0.29) is 12.5 Å². The lowest BCUT2D eigenvalue weighted by atomic mass is 10.1. The fraction of sp³-hybridized carbons (Fsp3) is 0.818. The van der Waals surface area contributed by atoms with Crippen LogP contribution >= 0.6 is 0 Å². The molecule has 2 amide bonds. The minimum atomic E-state index is -3.40. The van der Waals surface area contributed by atoms with E-state index in [4.69, 9.17) is 5.11 Å². The molecule has 20 heavy (non-hydrogen) atoms. The van der Waals surface area contributed by atoms with Crippen LogP contribution < -0.4 is 15.4 Å². The summed E-state index contributed by atoms with van der Waals surface area (Å²) in [5.74, 6) is -1.39. The predicted molar refractivity (Wildman–Crippen MR) is 74.9 cm³/mol. The SMILES string of the molecule is CC(C)C(NC(=O)NCC(C)(C)NS(C)(=O)=O)C(=O)O. The number of carbonyl (C=O) groups is 2. The van der Waals surface area contributed by atoms with Crippen molar-refractivity contribution in [3.8, 4) is 0 Å². The molecule has 0 fully saturated rings. The molecule has 0 heterocycles. The molecule has 0 aromatic heterocycles. The second kappa shape index (κ2) is 6.89. The zero-order valence-electron chi connectivity index (χ0n) is 12.4. The molecule has 0 aliphatic carbocycles. The standard InChI is InChI=1S/C11H23N3O5S/c1-7(2)8(9(15)16)13-10(17)12-6-11(3,4)14-20(5,18)19/h7-8,14H,6H2,1-5H3,(H,15,16)(H2,12,13,17). The van der Waals surface area contributed by atoms with Crippen LogP contribution in [0.15, 0.2) is 0 Å². The Bertz CT molecular complexity index is 459. The maximum Gasteiger partial charge on any atom is 0.326 e. The molecule has 0 aromatic rings. The molecule has 8 nitrogen and oxygen atoms in total. The zero-order valence-corrected chi connectivity index (χ0v) is 13.2. The quantitative estimate of drug-likeness (QED) is 0.515. The highest BCUT2D eigenvalue weighted by atomic mass is 32.2. The monoisotopic (exact) mass is 309 g/mol. The van der Waals surface area contributed by atoms with Gasteiger partial charge in [-0.25, -0.2) is 22.7 Å². The molecule has 0 saturated heterocycles. The van der Waals surface area contributed by atoms with E-state index in [1.807, 2.05) is 0 Å². The summed E-state index contributed by atoms with van der Waals surface area (Å²) in [4.78, 5) is 22.5. The normalized spacial score (nSPS) is 13.9. The molecule has 0 saturated carbocycles. The summed E-state index contributed by atoms with van der Waals surface area (Å²) in [6, 6.07) is -1.66. The lowest BCUT2D eigenvalue weighted by Gasteiger charge is -2.26. The van der Waals surface area contributed by atoms with Crippen molar-refractivity contribution in [3.63, 3.8) is 0 Å². The van der Waals surface area contributed by atoms with Crippen LogP contribution in [-0.2, 0) is 14.8 Å². The average molecular weight is 309 g/mol. The molecule has 1 atom stereocenters. The maximum absolute atomic E-state index is 11.6. The molecule has 118 valence electrons. The molecular formula is C11H23N3O5S. The molecule has 0 aliphatic heterocycles. The summed E-state index contributed by atoms with van der Waals surface area (Å²) in [5, 5.41) is 13.7. The van der Waals surface area contributed by atoms with Crippen LogP contribution in [0.3, 0.4) is 0 Å². The van der Waals surface area contributed by atoms with Crippen LogP contribution in [0.5, 0.6) is 0 Å². The Morgan fingerprint density at radius 1 is 1.25 bits per heavy atom. The number of amides is 2. The van der Waals surface area contributed by atoms with Crippen molar-refractivity contribution >= 4 is 22.0 Å². The van der Waals surface area contributed by atoms with Gasteiger partial charge in [-0.1, -0.05) is 13.8 Å². The number of rotatable bonds is 7. The molecule has 1 unspecified atom stereocenters. The van der Waals surface area contributed by atoms with Crippen molar-refractivity contribution < 1.29 is 23.1 Å². The van der Waals surface area contributed by atoms with Crippen LogP contribution in [0.1, 0.15) is 27.7 Å². The van der Waals surface area contributed by atoms with Crippen LogP contribution in [0.4, 0.5) is 4.79 Å². The summed E-state index contributed by atoms with van der Waals surface area (Å²) in [6.07, 6.45) is 1.02. The van der Waals surface area contributed by atoms with Crippen LogP contribution in [0.25, 0.3) is 0 Å². The van der Waals surface area contributed by atoms with Gasteiger partial charge in [-0.3, -0.25) is 0 Å². The van der Waals surface area contributed by atoms with Crippen molar-refractivity contribution in [3.05, 3.63) is 0 Å². The first-order valence-electron chi connectivity index (χ1n) is 6.10. The highest BCUT2D eigenvalue weighted by Gasteiger charge is 2.26. The molecule has 0 spiro atoms. The molecule has 0 rings (SSSR count). The van der Waals surface area contributed by atoms with E-state index in [1.54, 1.807) is 27.7 Å². The van der Waals surface area contributed by atoms with Gasteiger partial charge in [0.15, 0.2) is 0 Å². The maximum atomic E-state index is 11.6. The number of nitrogens with one attached hydrogen (secondary N) is 3. The van der Waals surface area contributed by atoms with E-state index in [0.29, 0.717) is 0 Å². The van der Waals surface area contributed by atoms with Gasteiger partial charge >= 0.3 is 12.0 Å². The van der Waals surface area contributed by atoms with E-state index >= 15 is 0 Å². The minimum Gasteiger partial charge on any atom is -0.480 e. The second-order valence-electron chi connectivity index (χ2n) is 5.65. The van der Waals surface area contributed by atoms with Crippen molar-refractivity contribution in [1.82, 2.24) is 15.4 Å². The second-order valence-corrected chi connectivity index (χ2v) is 7.39. The van der Waals surface area contributed by atoms with E-state index < -0.39 is 33.6 Å². The summed E-state index contributed by atoms with van der Waals surface area (Å²) in [7, 11) is -3.40. The molecule has 9 heteroatoms. The Hall–Kier alpha value is -1.35. The first-order chi connectivity index (χ1) is 8.84. The smallest absolute Gasteiger partial charge is 0.326 e. The van der Waals surface area contributed by atoms with Gasteiger partial charge in [0.25, 0.3) is 0 Å². The van der Waals surface area contributed by atoms with Gasteiger partial charge in [0, 0.05) is 12.1 Å². The third-order valence-corrected chi connectivity index (χ3v) is 3.30. The highest BCUT2D eigenvalue weighted by molar-refractivity contribution is 7.88. The van der Waals surface area contributed by atoms with Crippen molar-refractivity contribution in [2.75, 3.05) is 12.8 Å². The third kappa shape index (κ3) is 7.95. The van der Waals surface area contributed by atoms with Gasteiger partial charge in [-0.15, -0.1) is 0 Å². The number of carboxylic acid groups (broad SMARTS) is 1. The van der Waals surface area contributed by atoms with Crippen LogP contribution in [-0.4, -0.2) is 49.9 Å². The topological polar surface area (TPSA) is 125 Å². The number of carbonyl (C=O) groups excluding carboxylic acids is 1. The summed E-state index contributed by atoms with van der Waals surface area (Å²) in [5.41, 5.74) is -0.874. The van der Waals surface area contributed by atoms with E-state index in [1.165, 1.54) is 0 Å². The molecule has 0 aliphatic rings. The molecular weight excluding hydrogens is 286 g/mol. The Morgan fingerprint density at radius 2 is 1.75 bits per heavy atom. The fourth-order valence-electron chi connectivity index (χ4n) is 1.55. The van der Waals surface area contributed by atoms with E-state index in [0.717, 1.165) is 6.26 Å². The van der Waals surface area contributed by atoms with Crippen LogP contribution in [0, 0.1) is 5.92 Å². The lowest BCUT2D eigenvalue weighted by molar-refractivity contribution is -0.140. The summed E-state index contributed by atoms with van der Waals surface area (Å²) >= 11 is 0. The van der Waals surface area contributed by atoms with Crippen LogP contribution in [0.2, 0.25) is 0 Å². The first kappa shape index (κ1) is 18.7. The highest BCUT2D eigenvalue weighted by Crippen LogP contribution is 2.03. The van der Waals surface area contributed by atoms with E-state index in [2.05, 4.69) is 15.4 Å².